The summed E-state index contributed by atoms with van der Waals surface area (Å²) in [5, 5.41) is 19.8. The highest BCUT2D eigenvalue weighted by molar-refractivity contribution is 5.68. The average molecular weight is 396 g/mol. The molecule has 0 saturated heterocycles. The summed E-state index contributed by atoms with van der Waals surface area (Å²) < 4.78 is 3.72. The summed E-state index contributed by atoms with van der Waals surface area (Å²) in [7, 11) is 0. The van der Waals surface area contributed by atoms with Crippen LogP contribution in [0.3, 0.4) is 0 Å². The van der Waals surface area contributed by atoms with Crippen LogP contribution in [0.25, 0.3) is 28.2 Å². The first kappa shape index (κ1) is 17.7. The van der Waals surface area contributed by atoms with Crippen molar-refractivity contribution < 1.29 is 4.92 Å². The molecule has 0 saturated carbocycles. The number of imidazole rings is 1. The van der Waals surface area contributed by atoms with E-state index in [1.807, 2.05) is 71.4 Å². The second-order valence-electron chi connectivity index (χ2n) is 6.81. The third kappa shape index (κ3) is 3.20. The average Bonchev–Trinajstić information content (AvgIpc) is 3.40. The highest BCUT2D eigenvalue weighted by Crippen LogP contribution is 2.28. The van der Waals surface area contributed by atoms with Crippen LogP contribution in [-0.4, -0.2) is 29.3 Å². The summed E-state index contributed by atoms with van der Waals surface area (Å²) in [4.78, 5) is 15.6. The molecule has 0 aliphatic rings. The fraction of sp³-hybridized carbons (Fsp3) is 0.0455. The van der Waals surface area contributed by atoms with Gasteiger partial charge in [-0.15, -0.1) is 5.10 Å². The van der Waals surface area contributed by atoms with E-state index in [0.717, 1.165) is 22.6 Å². The van der Waals surface area contributed by atoms with E-state index >= 15 is 0 Å². The Hall–Kier alpha value is -4.33. The Morgan fingerprint density at radius 3 is 2.57 bits per heavy atom. The molecule has 30 heavy (non-hydrogen) atoms. The van der Waals surface area contributed by atoms with E-state index in [0.29, 0.717) is 17.8 Å². The maximum absolute atomic E-state index is 11.2. The Balaban J connectivity index is 1.59. The van der Waals surface area contributed by atoms with Gasteiger partial charge in [-0.25, -0.2) is 9.67 Å². The van der Waals surface area contributed by atoms with Crippen molar-refractivity contribution in [1.82, 2.24) is 24.4 Å². The fourth-order valence-corrected chi connectivity index (χ4v) is 3.47. The predicted octanol–water partition coefficient (Wildman–Crippen LogP) is 4.22. The molecule has 0 N–H and O–H groups in total. The van der Waals surface area contributed by atoms with Gasteiger partial charge in [-0.1, -0.05) is 53.7 Å². The molecule has 0 unspecified atom stereocenters. The summed E-state index contributed by atoms with van der Waals surface area (Å²) in [6.07, 6.45) is 3.81. The number of hydrogen-bond donors (Lipinski definition) is 0. The molecule has 0 fully saturated rings. The molecule has 0 radical (unpaired) electrons. The highest BCUT2D eigenvalue weighted by Gasteiger charge is 2.17. The lowest BCUT2D eigenvalue weighted by Gasteiger charge is -2.05. The van der Waals surface area contributed by atoms with Crippen LogP contribution in [0, 0.1) is 10.1 Å². The van der Waals surface area contributed by atoms with Crippen LogP contribution >= 0.6 is 0 Å². The first-order valence-electron chi connectivity index (χ1n) is 9.35. The molecule has 0 amide bonds. The van der Waals surface area contributed by atoms with Gasteiger partial charge in [-0.3, -0.25) is 10.1 Å². The van der Waals surface area contributed by atoms with E-state index in [1.54, 1.807) is 16.8 Å². The van der Waals surface area contributed by atoms with E-state index < -0.39 is 4.92 Å². The van der Waals surface area contributed by atoms with Gasteiger partial charge in [0.2, 0.25) is 0 Å². The summed E-state index contributed by atoms with van der Waals surface area (Å²) in [6, 6.07) is 22.1. The number of nitro benzene ring substituents is 1. The number of nitro groups is 1. The molecule has 0 aliphatic heterocycles. The van der Waals surface area contributed by atoms with Gasteiger partial charge in [-0.05, 0) is 12.1 Å². The van der Waals surface area contributed by atoms with Crippen molar-refractivity contribution in [3.8, 4) is 22.5 Å². The molecule has 2 aromatic carbocycles. The van der Waals surface area contributed by atoms with Gasteiger partial charge in [0, 0.05) is 29.5 Å². The quantitative estimate of drug-likeness (QED) is 0.328. The second kappa shape index (κ2) is 7.25. The van der Waals surface area contributed by atoms with Crippen LogP contribution in [0.2, 0.25) is 0 Å². The lowest BCUT2D eigenvalue weighted by molar-refractivity contribution is -0.384. The lowest BCUT2D eigenvalue weighted by Crippen LogP contribution is -2.05. The zero-order chi connectivity index (χ0) is 20.5. The van der Waals surface area contributed by atoms with Crippen molar-refractivity contribution in [2.45, 2.75) is 6.54 Å². The third-order valence-electron chi connectivity index (χ3n) is 4.88. The van der Waals surface area contributed by atoms with Gasteiger partial charge in [0.25, 0.3) is 5.69 Å². The van der Waals surface area contributed by atoms with Crippen LogP contribution in [-0.2, 0) is 6.54 Å². The number of nitrogens with zero attached hydrogens (tertiary/aromatic N) is 6. The molecule has 5 rings (SSSR count). The number of aromatic nitrogens is 5. The van der Waals surface area contributed by atoms with Gasteiger partial charge < -0.3 is 4.40 Å². The van der Waals surface area contributed by atoms with Gasteiger partial charge in [0.15, 0.2) is 0 Å². The van der Waals surface area contributed by atoms with Gasteiger partial charge in [0.1, 0.15) is 11.3 Å². The first-order chi connectivity index (χ1) is 14.7. The maximum atomic E-state index is 11.2. The molecule has 8 nitrogen and oxygen atoms in total. The smallest absolute Gasteiger partial charge is 0.270 e. The number of non-ortho nitro benzene ring substituents is 1. The largest absolute Gasteiger partial charge is 0.302 e. The van der Waals surface area contributed by atoms with E-state index in [1.165, 1.54) is 6.07 Å². The predicted molar refractivity (Wildman–Crippen MR) is 112 cm³/mol. The number of hydrogen-bond acceptors (Lipinski definition) is 5. The minimum atomic E-state index is -0.400. The fourth-order valence-electron chi connectivity index (χ4n) is 3.47. The Morgan fingerprint density at radius 2 is 1.73 bits per heavy atom. The number of fused-ring (bicyclic) bond motifs is 1. The van der Waals surface area contributed by atoms with Crippen molar-refractivity contribution in [3.63, 3.8) is 0 Å². The minimum Gasteiger partial charge on any atom is -0.302 e. The lowest BCUT2D eigenvalue weighted by atomic mass is 10.1. The number of rotatable bonds is 5. The van der Waals surface area contributed by atoms with Crippen LogP contribution in [0.15, 0.2) is 85.2 Å². The standard InChI is InChI=1S/C22H16N6O2/c29-28(30)18-10-6-9-17(13-18)22-20(27-12-5-4-11-21(27)23-22)15-26-14-19(24-25-26)16-7-2-1-3-8-16/h1-14H,15H2. The van der Waals surface area contributed by atoms with Crippen LogP contribution in [0.1, 0.15) is 5.69 Å². The van der Waals surface area contributed by atoms with Crippen molar-refractivity contribution in [2.24, 2.45) is 0 Å². The summed E-state index contributed by atoms with van der Waals surface area (Å²) in [5.74, 6) is 0. The molecule has 3 heterocycles. The molecular weight excluding hydrogens is 380 g/mol. The summed E-state index contributed by atoms with van der Waals surface area (Å²) >= 11 is 0. The Labute approximate surface area is 171 Å². The second-order valence-corrected chi connectivity index (χ2v) is 6.81. The molecule has 3 aromatic heterocycles. The monoisotopic (exact) mass is 396 g/mol. The van der Waals surface area contributed by atoms with E-state index in [-0.39, 0.29) is 5.69 Å². The number of benzene rings is 2. The molecule has 146 valence electrons. The normalized spacial score (nSPS) is 11.1. The van der Waals surface area contributed by atoms with Crippen molar-refractivity contribution >= 4 is 11.3 Å². The highest BCUT2D eigenvalue weighted by atomic mass is 16.6. The first-order valence-corrected chi connectivity index (χ1v) is 9.35. The molecule has 0 atom stereocenters. The topological polar surface area (TPSA) is 91.2 Å². The molecular formula is C22H16N6O2. The Kier molecular flexibility index (Phi) is 4.29. The number of pyridine rings is 1. The zero-order valence-corrected chi connectivity index (χ0v) is 15.8. The molecule has 8 heteroatoms. The SMILES string of the molecule is O=[N+]([O-])c1cccc(-c2nc3ccccn3c2Cn2cc(-c3ccccc3)nn2)c1. The van der Waals surface area contributed by atoms with E-state index in [2.05, 4.69) is 10.3 Å². The molecule has 0 bridgehead atoms. The molecule has 5 aromatic rings. The van der Waals surface area contributed by atoms with Crippen LogP contribution in [0.5, 0.6) is 0 Å². The van der Waals surface area contributed by atoms with Crippen molar-refractivity contribution in [2.75, 3.05) is 0 Å². The molecule has 0 spiro atoms. The van der Waals surface area contributed by atoms with Gasteiger partial charge in [0.05, 0.1) is 29.1 Å². The molecule has 0 aliphatic carbocycles. The Morgan fingerprint density at radius 1 is 0.933 bits per heavy atom. The van der Waals surface area contributed by atoms with E-state index in [4.69, 9.17) is 4.98 Å². The maximum Gasteiger partial charge on any atom is 0.270 e. The van der Waals surface area contributed by atoms with Crippen LogP contribution in [0.4, 0.5) is 5.69 Å². The third-order valence-corrected chi connectivity index (χ3v) is 4.88. The zero-order valence-electron chi connectivity index (χ0n) is 15.8. The summed E-state index contributed by atoms with van der Waals surface area (Å²) in [5.41, 5.74) is 4.80. The van der Waals surface area contributed by atoms with E-state index in [9.17, 15) is 10.1 Å². The van der Waals surface area contributed by atoms with Crippen molar-refractivity contribution in [3.05, 3.63) is 101 Å². The minimum absolute atomic E-state index is 0.0302. The summed E-state index contributed by atoms with van der Waals surface area (Å²) in [6.45, 7) is 0.420. The van der Waals surface area contributed by atoms with Crippen LogP contribution < -0.4 is 0 Å². The van der Waals surface area contributed by atoms with Gasteiger partial charge in [-0.2, -0.15) is 0 Å². The van der Waals surface area contributed by atoms with Gasteiger partial charge >= 0.3 is 0 Å². The van der Waals surface area contributed by atoms with Crippen molar-refractivity contribution in [1.29, 1.82) is 0 Å². The Bertz CT molecular complexity index is 1360.